The van der Waals surface area contributed by atoms with Crippen molar-refractivity contribution < 1.29 is 23.5 Å². The van der Waals surface area contributed by atoms with E-state index in [0.717, 1.165) is 25.9 Å². The van der Waals surface area contributed by atoms with Crippen molar-refractivity contribution in [2.75, 3.05) is 13.1 Å². The number of likely N-dealkylation sites (tertiary alicyclic amines) is 1. The Labute approximate surface area is 152 Å². The number of benzene rings is 1. The molecule has 2 heterocycles. The second-order valence-corrected chi connectivity index (χ2v) is 7.28. The number of halogens is 1. The smallest absolute Gasteiger partial charge is 0.348 e. The molecule has 0 N–H and O–H groups in total. The van der Waals surface area contributed by atoms with Crippen molar-refractivity contribution in [3.05, 3.63) is 40.7 Å². The van der Waals surface area contributed by atoms with Gasteiger partial charge < -0.3 is 9.47 Å². The third-order valence-electron chi connectivity index (χ3n) is 4.60. The number of hydrogen-bond acceptors (Lipinski definition) is 5. The molecule has 6 heteroatoms. The molecule has 0 amide bonds. The highest BCUT2D eigenvalue weighted by Gasteiger charge is 2.38. The van der Waals surface area contributed by atoms with Gasteiger partial charge in [0, 0.05) is 26.0 Å². The molecule has 1 aromatic carbocycles. The number of esters is 2. The summed E-state index contributed by atoms with van der Waals surface area (Å²) in [4.78, 5) is 26.2. The zero-order valence-electron chi connectivity index (χ0n) is 15.2. The number of ether oxygens (including phenoxy) is 2. The van der Waals surface area contributed by atoms with Crippen molar-refractivity contribution in [1.29, 1.82) is 0 Å². The topological polar surface area (TPSA) is 55.8 Å². The molecule has 0 unspecified atom stereocenters. The third-order valence-corrected chi connectivity index (χ3v) is 4.60. The molecule has 5 nitrogen and oxygen atoms in total. The monoisotopic (exact) mass is 361 g/mol. The van der Waals surface area contributed by atoms with Crippen LogP contribution in [0.15, 0.2) is 23.8 Å². The second kappa shape index (κ2) is 7.58. The molecule has 0 aromatic heterocycles. The van der Waals surface area contributed by atoms with Crippen LogP contribution in [-0.4, -0.2) is 35.7 Å². The van der Waals surface area contributed by atoms with Gasteiger partial charge in [-0.05, 0) is 43.6 Å². The van der Waals surface area contributed by atoms with Crippen LogP contribution >= 0.6 is 0 Å². The molecule has 0 bridgehead atoms. The van der Waals surface area contributed by atoms with Gasteiger partial charge in [-0.15, -0.1) is 0 Å². The van der Waals surface area contributed by atoms with Crippen LogP contribution in [0.2, 0.25) is 0 Å². The SMILES string of the molecule is CC1(C)OC(=O)C(=Cc2ccc(CN3CCCCCC3)c(F)c2)C(=O)O1. The van der Waals surface area contributed by atoms with Crippen LogP contribution in [-0.2, 0) is 25.6 Å². The predicted molar refractivity (Wildman–Crippen MR) is 94.4 cm³/mol. The van der Waals surface area contributed by atoms with E-state index >= 15 is 0 Å². The average Bonchev–Trinajstić information content (AvgIpc) is 2.81. The normalized spacial score (nSPS) is 21.0. The van der Waals surface area contributed by atoms with Crippen molar-refractivity contribution in [1.82, 2.24) is 4.90 Å². The van der Waals surface area contributed by atoms with E-state index < -0.39 is 17.7 Å². The summed E-state index contributed by atoms with van der Waals surface area (Å²) < 4.78 is 24.6. The van der Waals surface area contributed by atoms with E-state index in [4.69, 9.17) is 9.47 Å². The van der Waals surface area contributed by atoms with Crippen molar-refractivity contribution in [2.24, 2.45) is 0 Å². The number of rotatable bonds is 3. The zero-order chi connectivity index (χ0) is 18.7. The molecule has 0 aliphatic carbocycles. The first-order valence-corrected chi connectivity index (χ1v) is 9.03. The summed E-state index contributed by atoms with van der Waals surface area (Å²) in [7, 11) is 0. The van der Waals surface area contributed by atoms with Crippen LogP contribution in [0, 0.1) is 5.82 Å². The van der Waals surface area contributed by atoms with Gasteiger partial charge in [-0.25, -0.2) is 14.0 Å². The van der Waals surface area contributed by atoms with E-state index in [1.165, 1.54) is 38.8 Å². The van der Waals surface area contributed by atoms with E-state index in [-0.39, 0.29) is 11.4 Å². The fourth-order valence-corrected chi connectivity index (χ4v) is 3.26. The summed E-state index contributed by atoms with van der Waals surface area (Å²) in [6, 6.07) is 4.74. The van der Waals surface area contributed by atoms with Gasteiger partial charge in [-0.2, -0.15) is 0 Å². The Bertz CT molecular complexity index is 711. The van der Waals surface area contributed by atoms with Crippen molar-refractivity contribution in [2.45, 2.75) is 51.9 Å². The summed E-state index contributed by atoms with van der Waals surface area (Å²) in [5.74, 6) is -3.16. The minimum absolute atomic E-state index is 0.232. The van der Waals surface area contributed by atoms with Crippen LogP contribution in [0.3, 0.4) is 0 Å². The Morgan fingerprint density at radius 1 is 1.08 bits per heavy atom. The van der Waals surface area contributed by atoms with Crippen molar-refractivity contribution >= 4 is 18.0 Å². The Hall–Kier alpha value is -2.21. The van der Waals surface area contributed by atoms with E-state index in [2.05, 4.69) is 4.90 Å². The number of cyclic esters (lactones) is 2. The van der Waals surface area contributed by atoms with E-state index in [1.54, 1.807) is 12.1 Å². The van der Waals surface area contributed by atoms with Gasteiger partial charge in [0.25, 0.3) is 5.79 Å². The third kappa shape index (κ3) is 4.49. The highest BCUT2D eigenvalue weighted by molar-refractivity contribution is 6.18. The van der Waals surface area contributed by atoms with Gasteiger partial charge in [0.15, 0.2) is 0 Å². The first-order valence-electron chi connectivity index (χ1n) is 9.03. The molecule has 2 aliphatic rings. The molecule has 26 heavy (non-hydrogen) atoms. The fourth-order valence-electron chi connectivity index (χ4n) is 3.26. The van der Waals surface area contributed by atoms with Gasteiger partial charge in [0.1, 0.15) is 11.4 Å². The molecule has 0 saturated carbocycles. The molecule has 2 fully saturated rings. The van der Waals surface area contributed by atoms with Gasteiger partial charge >= 0.3 is 11.9 Å². The molecule has 140 valence electrons. The lowest BCUT2D eigenvalue weighted by molar-refractivity contribution is -0.222. The lowest BCUT2D eigenvalue weighted by atomic mass is 10.1. The lowest BCUT2D eigenvalue weighted by Crippen LogP contribution is -2.41. The first-order chi connectivity index (χ1) is 12.3. The summed E-state index contributed by atoms with van der Waals surface area (Å²) in [6.07, 6.45) is 6.06. The Kier molecular flexibility index (Phi) is 5.41. The summed E-state index contributed by atoms with van der Waals surface area (Å²) in [6.45, 7) is 5.51. The highest BCUT2D eigenvalue weighted by atomic mass is 19.1. The largest absolute Gasteiger partial charge is 0.419 e. The number of nitrogens with zero attached hydrogens (tertiary/aromatic N) is 1. The van der Waals surface area contributed by atoms with Crippen LogP contribution < -0.4 is 0 Å². The maximum absolute atomic E-state index is 14.5. The lowest BCUT2D eigenvalue weighted by Gasteiger charge is -2.29. The van der Waals surface area contributed by atoms with E-state index in [9.17, 15) is 14.0 Å². The summed E-state index contributed by atoms with van der Waals surface area (Å²) in [5, 5.41) is 0. The predicted octanol–water partition coefficient (Wildman–Crippen LogP) is 3.42. The summed E-state index contributed by atoms with van der Waals surface area (Å²) >= 11 is 0. The van der Waals surface area contributed by atoms with Gasteiger partial charge in [0.05, 0.1) is 0 Å². The van der Waals surface area contributed by atoms with Crippen LogP contribution in [0.1, 0.15) is 50.7 Å². The van der Waals surface area contributed by atoms with Crippen LogP contribution in [0.25, 0.3) is 6.08 Å². The molecule has 1 aromatic rings. The molecule has 0 spiro atoms. The van der Waals surface area contributed by atoms with Gasteiger partial charge in [0.2, 0.25) is 0 Å². The van der Waals surface area contributed by atoms with E-state index in [1.807, 2.05) is 0 Å². The number of carbonyl (C=O) groups excluding carboxylic acids is 2. The maximum atomic E-state index is 14.5. The number of carbonyl (C=O) groups is 2. The Morgan fingerprint density at radius 2 is 1.69 bits per heavy atom. The number of hydrogen-bond donors (Lipinski definition) is 0. The minimum atomic E-state index is -1.28. The van der Waals surface area contributed by atoms with Crippen molar-refractivity contribution in [3.63, 3.8) is 0 Å². The standard InChI is InChI=1S/C20H24FNO4/c1-20(2)25-18(23)16(19(24)26-20)11-14-7-8-15(17(21)12-14)13-22-9-5-3-4-6-10-22/h7-8,11-12H,3-6,9-10,13H2,1-2H3. The molecular formula is C20H24FNO4. The highest BCUT2D eigenvalue weighted by Crippen LogP contribution is 2.25. The fraction of sp³-hybridized carbons (Fsp3) is 0.500. The maximum Gasteiger partial charge on any atom is 0.348 e. The molecule has 0 atom stereocenters. The quantitative estimate of drug-likeness (QED) is 0.469. The van der Waals surface area contributed by atoms with E-state index in [0.29, 0.717) is 17.7 Å². The molecule has 3 rings (SSSR count). The molecular weight excluding hydrogens is 337 g/mol. The minimum Gasteiger partial charge on any atom is -0.419 e. The van der Waals surface area contributed by atoms with Gasteiger partial charge in [-0.3, -0.25) is 4.90 Å². The zero-order valence-corrected chi connectivity index (χ0v) is 15.2. The summed E-state index contributed by atoms with van der Waals surface area (Å²) in [5.41, 5.74) is 0.804. The van der Waals surface area contributed by atoms with Gasteiger partial charge in [-0.1, -0.05) is 25.0 Å². The Morgan fingerprint density at radius 3 is 2.27 bits per heavy atom. The Balaban J connectivity index is 1.75. The molecule has 0 radical (unpaired) electrons. The van der Waals surface area contributed by atoms with Crippen molar-refractivity contribution in [3.8, 4) is 0 Å². The van der Waals surface area contributed by atoms with Crippen LogP contribution in [0.4, 0.5) is 4.39 Å². The van der Waals surface area contributed by atoms with Crippen LogP contribution in [0.5, 0.6) is 0 Å². The second-order valence-electron chi connectivity index (χ2n) is 7.28. The molecule has 2 aliphatic heterocycles. The molecule has 2 saturated heterocycles. The average molecular weight is 361 g/mol. The first kappa shape index (κ1) is 18.6.